The number of methoxy groups -OCH3 is 3. The van der Waals surface area contributed by atoms with E-state index >= 15 is 0 Å². The Morgan fingerprint density at radius 2 is 1.97 bits per heavy atom. The number of nitrogens with zero attached hydrogens (tertiary/aromatic N) is 1. The Kier molecular flexibility index (Phi) is 5.25. The lowest BCUT2D eigenvalue weighted by molar-refractivity contribution is -0.136. The van der Waals surface area contributed by atoms with Crippen LogP contribution in [0.5, 0.6) is 17.2 Å². The molecule has 3 saturated heterocycles. The highest BCUT2D eigenvalue weighted by Crippen LogP contribution is 2.52. The molecule has 9 nitrogen and oxygen atoms in total. The minimum atomic E-state index is -0.738. The molecule has 0 unspecified atom stereocenters. The number of anilines is 1. The maximum Gasteiger partial charge on any atom is 0.231 e. The van der Waals surface area contributed by atoms with Gasteiger partial charge in [0.05, 0.1) is 51.9 Å². The van der Waals surface area contributed by atoms with Gasteiger partial charge in [0, 0.05) is 31.0 Å². The first-order valence-corrected chi connectivity index (χ1v) is 10.9. The highest BCUT2D eigenvalue weighted by molar-refractivity contribution is 5.99. The van der Waals surface area contributed by atoms with Gasteiger partial charge in [-0.05, 0) is 12.8 Å². The van der Waals surface area contributed by atoms with Crippen molar-refractivity contribution in [2.45, 2.75) is 30.7 Å². The van der Waals surface area contributed by atoms with Crippen molar-refractivity contribution in [3.63, 3.8) is 0 Å². The van der Waals surface area contributed by atoms with Crippen LogP contribution < -0.4 is 19.5 Å². The van der Waals surface area contributed by atoms with Crippen LogP contribution in [0.15, 0.2) is 24.3 Å². The number of hydrogen-bond donors (Lipinski definition) is 1. The van der Waals surface area contributed by atoms with Crippen molar-refractivity contribution in [2.24, 2.45) is 11.8 Å². The second kappa shape index (κ2) is 7.97. The quantitative estimate of drug-likeness (QED) is 0.639. The van der Waals surface area contributed by atoms with Crippen LogP contribution >= 0.6 is 0 Å². The first-order chi connectivity index (χ1) is 15.5. The molecule has 172 valence electrons. The van der Waals surface area contributed by atoms with Crippen molar-refractivity contribution >= 4 is 17.5 Å². The molecule has 1 aromatic rings. The molecule has 3 fully saturated rings. The van der Waals surface area contributed by atoms with Crippen molar-refractivity contribution in [1.29, 1.82) is 0 Å². The molecule has 5 atom stereocenters. The molecule has 1 N–H and O–H groups in total. The van der Waals surface area contributed by atoms with E-state index < -0.39 is 23.5 Å². The van der Waals surface area contributed by atoms with Crippen LogP contribution in [0.2, 0.25) is 0 Å². The summed E-state index contributed by atoms with van der Waals surface area (Å²) in [4.78, 5) is 28.5. The van der Waals surface area contributed by atoms with Crippen LogP contribution in [-0.2, 0) is 19.1 Å². The number of amides is 2. The molecule has 4 aliphatic rings. The van der Waals surface area contributed by atoms with Crippen molar-refractivity contribution in [3.05, 3.63) is 24.3 Å². The normalized spacial score (nSPS) is 32.3. The van der Waals surface area contributed by atoms with Gasteiger partial charge >= 0.3 is 0 Å². The van der Waals surface area contributed by atoms with Crippen molar-refractivity contribution < 1.29 is 33.3 Å². The fourth-order valence-corrected chi connectivity index (χ4v) is 5.45. The monoisotopic (exact) mass is 444 g/mol. The molecule has 1 spiro atoms. The predicted octanol–water partition coefficient (Wildman–Crippen LogP) is 1.61. The van der Waals surface area contributed by atoms with E-state index in [9.17, 15) is 9.59 Å². The van der Waals surface area contributed by atoms with Gasteiger partial charge in [-0.15, -0.1) is 0 Å². The van der Waals surface area contributed by atoms with Crippen molar-refractivity contribution in [3.8, 4) is 17.2 Å². The molecule has 9 heteroatoms. The van der Waals surface area contributed by atoms with Gasteiger partial charge in [0.15, 0.2) is 11.5 Å². The number of carbonyl (C=O) groups is 2. The van der Waals surface area contributed by atoms with Gasteiger partial charge in [-0.3, -0.25) is 9.59 Å². The zero-order chi connectivity index (χ0) is 22.5. The van der Waals surface area contributed by atoms with Crippen molar-refractivity contribution in [1.82, 2.24) is 4.90 Å². The average Bonchev–Trinajstić information content (AvgIpc) is 3.56. The zero-order valence-corrected chi connectivity index (χ0v) is 18.5. The molecule has 0 saturated carbocycles. The summed E-state index contributed by atoms with van der Waals surface area (Å²) in [6.45, 7) is 1.73. The number of benzene rings is 1. The highest BCUT2D eigenvalue weighted by Gasteiger charge is 2.66. The average molecular weight is 444 g/mol. The van der Waals surface area contributed by atoms with Crippen LogP contribution in [0.3, 0.4) is 0 Å². The van der Waals surface area contributed by atoms with E-state index in [1.807, 2.05) is 12.2 Å². The van der Waals surface area contributed by atoms with Crippen LogP contribution in [0.4, 0.5) is 5.69 Å². The van der Waals surface area contributed by atoms with E-state index in [1.54, 1.807) is 17.0 Å². The second-order valence-corrected chi connectivity index (χ2v) is 8.66. The molecule has 4 aliphatic heterocycles. The number of fused-ring (bicyclic) bond motifs is 1. The maximum atomic E-state index is 13.4. The third kappa shape index (κ3) is 3.22. The molecule has 0 radical (unpaired) electrons. The molecular formula is C23H28N2O7. The van der Waals surface area contributed by atoms with E-state index in [0.717, 1.165) is 19.4 Å². The van der Waals surface area contributed by atoms with E-state index in [0.29, 0.717) is 36.0 Å². The fraction of sp³-hybridized carbons (Fsp3) is 0.565. The van der Waals surface area contributed by atoms with E-state index in [4.69, 9.17) is 23.7 Å². The van der Waals surface area contributed by atoms with Crippen LogP contribution in [0.25, 0.3) is 0 Å². The number of nitrogens with one attached hydrogen (secondary N) is 1. The van der Waals surface area contributed by atoms with E-state index in [1.165, 1.54) is 21.3 Å². The van der Waals surface area contributed by atoms with Gasteiger partial charge in [-0.2, -0.15) is 0 Å². The molecule has 5 rings (SSSR count). The lowest BCUT2D eigenvalue weighted by atomic mass is 9.77. The summed E-state index contributed by atoms with van der Waals surface area (Å²) in [6.07, 6.45) is 5.46. The molecule has 0 aliphatic carbocycles. The van der Waals surface area contributed by atoms with Crippen LogP contribution in [0.1, 0.15) is 12.8 Å². The zero-order valence-electron chi connectivity index (χ0n) is 18.5. The second-order valence-electron chi connectivity index (χ2n) is 8.66. The van der Waals surface area contributed by atoms with Gasteiger partial charge in [0.1, 0.15) is 5.60 Å². The Hall–Kier alpha value is -2.78. The largest absolute Gasteiger partial charge is 0.493 e. The lowest BCUT2D eigenvalue weighted by Gasteiger charge is -2.24. The van der Waals surface area contributed by atoms with Gasteiger partial charge in [0.2, 0.25) is 17.6 Å². The van der Waals surface area contributed by atoms with Crippen LogP contribution in [0, 0.1) is 11.8 Å². The molecular weight excluding hydrogens is 416 g/mol. The minimum absolute atomic E-state index is 0.0441. The summed E-state index contributed by atoms with van der Waals surface area (Å²) in [7, 11) is 4.55. The van der Waals surface area contributed by atoms with Gasteiger partial charge < -0.3 is 33.9 Å². The third-order valence-electron chi connectivity index (χ3n) is 6.86. The Labute approximate surface area is 186 Å². The maximum absolute atomic E-state index is 13.4. The van der Waals surface area contributed by atoms with Gasteiger partial charge in [-0.1, -0.05) is 12.2 Å². The van der Waals surface area contributed by atoms with Crippen molar-refractivity contribution in [2.75, 3.05) is 46.3 Å². The summed E-state index contributed by atoms with van der Waals surface area (Å²) in [5.74, 6) is -0.161. The first-order valence-electron chi connectivity index (χ1n) is 10.9. The number of carbonyl (C=O) groups excluding carboxylic acids is 2. The number of likely N-dealkylation sites (tertiary alicyclic amines) is 1. The smallest absolute Gasteiger partial charge is 0.231 e. The summed E-state index contributed by atoms with van der Waals surface area (Å²) < 4.78 is 28.0. The van der Waals surface area contributed by atoms with Gasteiger partial charge in [0.25, 0.3) is 0 Å². The Balaban J connectivity index is 1.37. The Morgan fingerprint density at radius 3 is 2.59 bits per heavy atom. The predicted molar refractivity (Wildman–Crippen MR) is 114 cm³/mol. The SMILES string of the molecule is COc1cc(NC(=O)[C@@H]2[C@H]3C=C[C@]4(CN(C[C@@H]5CCCO5)C(=O)[C@@H]24)O3)cc(OC)c1OC. The summed E-state index contributed by atoms with van der Waals surface area (Å²) in [6, 6.07) is 3.33. The summed E-state index contributed by atoms with van der Waals surface area (Å²) >= 11 is 0. The fourth-order valence-electron chi connectivity index (χ4n) is 5.45. The lowest BCUT2D eigenvalue weighted by Crippen LogP contribution is -2.42. The highest BCUT2D eigenvalue weighted by atomic mass is 16.5. The number of hydrogen-bond acceptors (Lipinski definition) is 7. The topological polar surface area (TPSA) is 95.6 Å². The Bertz CT molecular complexity index is 933. The van der Waals surface area contributed by atoms with Gasteiger partial charge in [-0.25, -0.2) is 0 Å². The molecule has 2 amide bonds. The van der Waals surface area contributed by atoms with Crippen LogP contribution in [-0.4, -0.2) is 75.5 Å². The van der Waals surface area contributed by atoms with E-state index in [2.05, 4.69) is 5.32 Å². The number of rotatable bonds is 7. The molecule has 1 aromatic carbocycles. The third-order valence-corrected chi connectivity index (χ3v) is 6.86. The summed E-state index contributed by atoms with van der Waals surface area (Å²) in [5, 5.41) is 2.92. The molecule has 4 heterocycles. The summed E-state index contributed by atoms with van der Waals surface area (Å²) in [5.41, 5.74) is -0.246. The first kappa shape index (κ1) is 21.1. The molecule has 2 bridgehead atoms. The molecule has 0 aromatic heterocycles. The molecule has 32 heavy (non-hydrogen) atoms. The number of ether oxygens (including phenoxy) is 5. The minimum Gasteiger partial charge on any atom is -0.493 e. The standard InChI is InChI=1S/C23H28N2O7/c1-28-16-9-13(10-17(29-2)20(16)30-3)24-21(26)18-15-6-7-23(32-15)12-25(22(27)19(18)23)11-14-5-4-8-31-14/h6-7,9-10,14-15,18-19H,4-5,8,11-12H2,1-3H3,(H,24,26)/t14-,15+,18+,19+,23+/m0/s1. The van der Waals surface area contributed by atoms with E-state index in [-0.39, 0.29) is 17.9 Å². The Morgan fingerprint density at radius 1 is 1.22 bits per heavy atom.